The first-order chi connectivity index (χ1) is 8.67. The third-order valence-electron chi connectivity index (χ3n) is 2.42. The lowest BCUT2D eigenvalue weighted by atomic mass is 10.1. The maximum absolute atomic E-state index is 4.44. The summed E-state index contributed by atoms with van der Waals surface area (Å²) in [6.45, 7) is 8.77. The van der Waals surface area contributed by atoms with Crippen LogP contribution in [0, 0.1) is 0 Å². The topological polar surface area (TPSA) is 30.7 Å². The minimum atomic E-state index is 0.507. The molecule has 0 fully saturated rings. The first-order valence-electron chi connectivity index (χ1n) is 5.95. The van der Waals surface area contributed by atoms with Crippen molar-refractivity contribution in [2.45, 2.75) is 30.8 Å². The second-order valence-electron chi connectivity index (χ2n) is 4.34. The number of hydrogen-bond acceptors (Lipinski definition) is 3. The number of rotatable bonds is 5. The van der Waals surface area contributed by atoms with Crippen LogP contribution in [0.4, 0.5) is 0 Å². The fourth-order valence-corrected chi connectivity index (χ4v) is 2.25. The summed E-state index contributed by atoms with van der Waals surface area (Å²) in [7, 11) is 0. The van der Waals surface area contributed by atoms with Crippen molar-refractivity contribution in [3.63, 3.8) is 0 Å². The predicted molar refractivity (Wildman–Crippen MR) is 76.7 cm³/mol. The summed E-state index contributed by atoms with van der Waals surface area (Å²) < 4.78 is 1.87. The second kappa shape index (κ2) is 5.87. The number of aromatic nitrogens is 3. The number of benzene rings is 1. The number of thioether (sulfide) groups is 1. The zero-order valence-corrected chi connectivity index (χ0v) is 11.5. The molecule has 94 valence electrons. The first-order valence-corrected chi connectivity index (χ1v) is 6.83. The van der Waals surface area contributed by atoms with E-state index in [1.165, 1.54) is 5.56 Å². The molecular formula is C14H17N3S. The molecule has 0 radical (unpaired) electrons. The minimum Gasteiger partial charge on any atom is -0.247 e. The van der Waals surface area contributed by atoms with Crippen LogP contribution in [0.15, 0.2) is 42.3 Å². The molecule has 0 spiro atoms. The van der Waals surface area contributed by atoms with Gasteiger partial charge in [-0.05, 0) is 11.1 Å². The van der Waals surface area contributed by atoms with Gasteiger partial charge in [0.2, 0.25) is 5.16 Å². The normalized spacial score (nSPS) is 10.8. The van der Waals surface area contributed by atoms with E-state index in [1.54, 1.807) is 18.1 Å². The fourth-order valence-electron chi connectivity index (χ4n) is 1.56. The van der Waals surface area contributed by atoms with E-state index in [4.69, 9.17) is 0 Å². The van der Waals surface area contributed by atoms with Crippen LogP contribution < -0.4 is 0 Å². The number of nitrogens with zero attached hydrogens (tertiary/aromatic N) is 3. The third-order valence-corrected chi connectivity index (χ3v) is 3.29. The van der Waals surface area contributed by atoms with Gasteiger partial charge in [-0.1, -0.05) is 62.5 Å². The zero-order chi connectivity index (χ0) is 13.0. The van der Waals surface area contributed by atoms with Crippen LogP contribution in [-0.4, -0.2) is 20.0 Å². The molecule has 3 nitrogen and oxygen atoms in total. The van der Waals surface area contributed by atoms with Crippen molar-refractivity contribution in [1.82, 2.24) is 14.8 Å². The van der Waals surface area contributed by atoms with Crippen molar-refractivity contribution >= 4 is 17.8 Å². The van der Waals surface area contributed by atoms with Gasteiger partial charge in [-0.25, -0.2) is 9.67 Å². The van der Waals surface area contributed by atoms with Crippen molar-refractivity contribution in [1.29, 1.82) is 0 Å². The van der Waals surface area contributed by atoms with Gasteiger partial charge in [0, 0.05) is 5.25 Å². The highest BCUT2D eigenvalue weighted by atomic mass is 32.2. The van der Waals surface area contributed by atoms with E-state index in [0.717, 1.165) is 17.3 Å². The average molecular weight is 259 g/mol. The molecule has 0 aliphatic heterocycles. The first kappa shape index (κ1) is 12.9. The Hall–Kier alpha value is -1.55. The SMILES string of the molecule is C=Cc1ccc(Cn2cnc(SC(C)C)n2)cc1. The monoisotopic (exact) mass is 259 g/mol. The Kier molecular flexibility index (Phi) is 4.20. The Bertz CT molecular complexity index is 514. The fraction of sp³-hybridized carbons (Fsp3) is 0.286. The van der Waals surface area contributed by atoms with E-state index in [-0.39, 0.29) is 0 Å². The predicted octanol–water partition coefficient (Wildman–Crippen LogP) is 3.47. The molecule has 0 saturated heterocycles. The summed E-state index contributed by atoms with van der Waals surface area (Å²) >= 11 is 1.68. The Morgan fingerprint density at radius 2 is 2.06 bits per heavy atom. The molecule has 0 amide bonds. The van der Waals surface area contributed by atoms with E-state index in [2.05, 4.69) is 54.8 Å². The third kappa shape index (κ3) is 3.47. The molecule has 0 atom stereocenters. The van der Waals surface area contributed by atoms with Crippen LogP contribution in [0.25, 0.3) is 6.08 Å². The molecule has 1 aromatic carbocycles. The minimum absolute atomic E-state index is 0.507. The Labute approximate surface area is 112 Å². The van der Waals surface area contributed by atoms with E-state index >= 15 is 0 Å². The van der Waals surface area contributed by atoms with Gasteiger partial charge in [0.1, 0.15) is 6.33 Å². The van der Waals surface area contributed by atoms with Crippen molar-refractivity contribution < 1.29 is 0 Å². The van der Waals surface area contributed by atoms with Crippen LogP contribution >= 0.6 is 11.8 Å². The maximum atomic E-state index is 4.44. The van der Waals surface area contributed by atoms with Crippen molar-refractivity contribution in [2.24, 2.45) is 0 Å². The molecule has 4 heteroatoms. The van der Waals surface area contributed by atoms with Gasteiger partial charge in [0.05, 0.1) is 6.54 Å². The Morgan fingerprint density at radius 1 is 1.33 bits per heavy atom. The van der Waals surface area contributed by atoms with Crippen LogP contribution in [0.3, 0.4) is 0 Å². The molecule has 0 saturated carbocycles. The Morgan fingerprint density at radius 3 is 2.67 bits per heavy atom. The summed E-state index contributed by atoms with van der Waals surface area (Å²) in [4.78, 5) is 4.28. The van der Waals surface area contributed by atoms with E-state index in [0.29, 0.717) is 5.25 Å². The molecule has 2 aromatic rings. The molecule has 1 heterocycles. The lowest BCUT2D eigenvalue weighted by Crippen LogP contribution is -2.00. The molecule has 0 aliphatic carbocycles. The smallest absolute Gasteiger partial charge is 0.208 e. The number of hydrogen-bond donors (Lipinski definition) is 0. The lowest BCUT2D eigenvalue weighted by molar-refractivity contribution is 0.666. The second-order valence-corrected chi connectivity index (χ2v) is 5.88. The van der Waals surface area contributed by atoms with Gasteiger partial charge in [-0.2, -0.15) is 0 Å². The molecule has 0 aliphatic rings. The van der Waals surface area contributed by atoms with Gasteiger partial charge >= 0.3 is 0 Å². The molecule has 0 N–H and O–H groups in total. The molecule has 1 aromatic heterocycles. The van der Waals surface area contributed by atoms with Crippen LogP contribution in [0.5, 0.6) is 0 Å². The maximum Gasteiger partial charge on any atom is 0.208 e. The van der Waals surface area contributed by atoms with Crippen molar-refractivity contribution in [3.8, 4) is 0 Å². The average Bonchev–Trinajstić information content (AvgIpc) is 2.76. The summed E-state index contributed by atoms with van der Waals surface area (Å²) in [5, 5.41) is 5.78. The molecule has 0 bridgehead atoms. The van der Waals surface area contributed by atoms with Crippen LogP contribution in [-0.2, 0) is 6.54 Å². The molecule has 18 heavy (non-hydrogen) atoms. The van der Waals surface area contributed by atoms with E-state index in [9.17, 15) is 0 Å². The van der Waals surface area contributed by atoms with Gasteiger partial charge in [-0.15, -0.1) is 5.10 Å². The van der Waals surface area contributed by atoms with Gasteiger partial charge in [-0.3, -0.25) is 0 Å². The van der Waals surface area contributed by atoms with Gasteiger partial charge in [0.25, 0.3) is 0 Å². The molecule has 0 unspecified atom stereocenters. The highest BCUT2D eigenvalue weighted by Gasteiger charge is 2.04. The van der Waals surface area contributed by atoms with Crippen molar-refractivity contribution in [2.75, 3.05) is 0 Å². The van der Waals surface area contributed by atoms with E-state index in [1.807, 2.05) is 10.8 Å². The lowest BCUT2D eigenvalue weighted by Gasteiger charge is -2.02. The standard InChI is InChI=1S/C14H17N3S/c1-4-12-5-7-13(8-6-12)9-17-10-15-14(16-17)18-11(2)3/h4-8,10-11H,1,9H2,2-3H3. The van der Waals surface area contributed by atoms with Crippen LogP contribution in [0.2, 0.25) is 0 Å². The highest BCUT2D eigenvalue weighted by Crippen LogP contribution is 2.17. The summed E-state index contributed by atoms with van der Waals surface area (Å²) in [6, 6.07) is 8.30. The zero-order valence-electron chi connectivity index (χ0n) is 10.7. The van der Waals surface area contributed by atoms with Gasteiger partial charge in [0.15, 0.2) is 0 Å². The highest BCUT2D eigenvalue weighted by molar-refractivity contribution is 7.99. The summed E-state index contributed by atoms with van der Waals surface area (Å²) in [5.74, 6) is 0. The Balaban J connectivity index is 2.03. The summed E-state index contributed by atoms with van der Waals surface area (Å²) in [5.41, 5.74) is 2.35. The van der Waals surface area contributed by atoms with Crippen molar-refractivity contribution in [3.05, 3.63) is 48.3 Å². The van der Waals surface area contributed by atoms with E-state index < -0.39 is 0 Å². The molecule has 2 rings (SSSR count). The van der Waals surface area contributed by atoms with Crippen LogP contribution in [0.1, 0.15) is 25.0 Å². The molecular weight excluding hydrogens is 242 g/mol. The largest absolute Gasteiger partial charge is 0.247 e. The summed E-state index contributed by atoms with van der Waals surface area (Å²) in [6.07, 6.45) is 3.63. The van der Waals surface area contributed by atoms with Gasteiger partial charge < -0.3 is 0 Å². The quantitative estimate of drug-likeness (QED) is 0.770.